The fraction of sp³-hybridized carbons (Fsp3) is 0.562. The first-order valence-corrected chi connectivity index (χ1v) is 8.49. The zero-order valence-electron chi connectivity index (χ0n) is 11.8. The molecule has 20 heavy (non-hydrogen) atoms. The van der Waals surface area contributed by atoms with Crippen LogP contribution in [-0.2, 0) is 4.79 Å². The number of rotatable bonds is 3. The molecule has 2 rings (SSSR count). The van der Waals surface area contributed by atoms with Crippen LogP contribution in [0.1, 0.15) is 50.5 Å². The van der Waals surface area contributed by atoms with Gasteiger partial charge in [0.1, 0.15) is 0 Å². The average Bonchev–Trinajstić information content (AvgIpc) is 2.64. The van der Waals surface area contributed by atoms with Gasteiger partial charge in [0, 0.05) is 15.9 Å². The van der Waals surface area contributed by atoms with E-state index in [4.69, 9.17) is 11.6 Å². The van der Waals surface area contributed by atoms with Crippen LogP contribution in [0.3, 0.4) is 0 Å². The van der Waals surface area contributed by atoms with Crippen LogP contribution in [0.2, 0.25) is 5.02 Å². The van der Waals surface area contributed by atoms with Gasteiger partial charge in [0.25, 0.3) is 0 Å². The van der Waals surface area contributed by atoms with Crippen LogP contribution in [0.4, 0.5) is 5.69 Å². The molecule has 0 unspecified atom stereocenters. The molecule has 0 saturated heterocycles. The highest BCUT2D eigenvalue weighted by molar-refractivity contribution is 9.10. The molecule has 1 amide bonds. The molecule has 1 aliphatic carbocycles. The molecule has 0 spiro atoms. The molecule has 110 valence electrons. The third kappa shape index (κ3) is 4.49. The van der Waals surface area contributed by atoms with E-state index in [1.165, 1.54) is 38.5 Å². The molecular formula is C16H21BrClNO. The van der Waals surface area contributed by atoms with Crippen molar-refractivity contribution in [2.24, 2.45) is 5.92 Å². The van der Waals surface area contributed by atoms with Gasteiger partial charge >= 0.3 is 0 Å². The second-order valence-electron chi connectivity index (χ2n) is 5.69. The van der Waals surface area contributed by atoms with E-state index in [9.17, 15) is 4.79 Å². The number of benzene rings is 1. The minimum absolute atomic E-state index is 0.0949. The topological polar surface area (TPSA) is 29.1 Å². The molecule has 0 atom stereocenters. The van der Waals surface area contributed by atoms with Crippen LogP contribution in [-0.4, -0.2) is 5.91 Å². The Bertz CT molecular complexity index is 482. The maximum atomic E-state index is 12.2. The summed E-state index contributed by atoms with van der Waals surface area (Å²) in [6.07, 6.45) is 8.15. The van der Waals surface area contributed by atoms with Gasteiger partial charge in [-0.2, -0.15) is 0 Å². The Hall–Kier alpha value is -0.540. The number of nitrogens with one attached hydrogen (secondary N) is 1. The Kier molecular flexibility index (Phi) is 5.91. The van der Waals surface area contributed by atoms with Crippen LogP contribution in [0, 0.1) is 12.8 Å². The summed E-state index contributed by atoms with van der Waals surface area (Å²) in [5.41, 5.74) is 1.76. The first-order valence-electron chi connectivity index (χ1n) is 7.32. The van der Waals surface area contributed by atoms with Crippen molar-refractivity contribution in [1.82, 2.24) is 0 Å². The number of hydrogen-bond donors (Lipinski definition) is 1. The first-order chi connectivity index (χ1) is 9.56. The highest BCUT2D eigenvalue weighted by Crippen LogP contribution is 2.30. The Labute approximate surface area is 134 Å². The quantitative estimate of drug-likeness (QED) is 0.689. The summed E-state index contributed by atoms with van der Waals surface area (Å²) in [6.45, 7) is 1.95. The van der Waals surface area contributed by atoms with Crippen LogP contribution in [0.5, 0.6) is 0 Å². The van der Waals surface area contributed by atoms with Gasteiger partial charge in [0.05, 0.1) is 5.69 Å². The fourth-order valence-corrected chi connectivity index (χ4v) is 3.49. The van der Waals surface area contributed by atoms with E-state index in [0.717, 1.165) is 15.7 Å². The molecule has 0 aromatic heterocycles. The minimum Gasteiger partial charge on any atom is -0.325 e. The highest BCUT2D eigenvalue weighted by atomic mass is 79.9. The first kappa shape index (κ1) is 15.8. The number of anilines is 1. The second-order valence-corrected chi connectivity index (χ2v) is 6.95. The van der Waals surface area contributed by atoms with Gasteiger partial charge < -0.3 is 5.32 Å². The van der Waals surface area contributed by atoms with Crippen molar-refractivity contribution in [3.05, 3.63) is 27.2 Å². The van der Waals surface area contributed by atoms with Crippen molar-refractivity contribution < 1.29 is 4.79 Å². The number of halogens is 2. The molecule has 1 aromatic carbocycles. The van der Waals surface area contributed by atoms with Crippen LogP contribution in [0.25, 0.3) is 0 Å². The summed E-state index contributed by atoms with van der Waals surface area (Å²) in [4.78, 5) is 12.2. The van der Waals surface area contributed by atoms with Crippen LogP contribution in [0.15, 0.2) is 16.6 Å². The molecule has 1 aliphatic rings. The van der Waals surface area contributed by atoms with Crippen LogP contribution >= 0.6 is 27.5 Å². The molecule has 2 nitrogen and oxygen atoms in total. The van der Waals surface area contributed by atoms with Crippen molar-refractivity contribution in [2.75, 3.05) is 5.32 Å². The Morgan fingerprint density at radius 2 is 1.95 bits per heavy atom. The third-order valence-electron chi connectivity index (χ3n) is 3.97. The smallest absolute Gasteiger partial charge is 0.224 e. The summed E-state index contributed by atoms with van der Waals surface area (Å²) in [5.74, 6) is 0.634. The number of aryl methyl sites for hydroxylation is 1. The zero-order chi connectivity index (χ0) is 14.5. The molecule has 0 heterocycles. The van der Waals surface area contributed by atoms with E-state index in [0.29, 0.717) is 17.4 Å². The Morgan fingerprint density at radius 1 is 1.30 bits per heavy atom. The van der Waals surface area contributed by atoms with Gasteiger partial charge in [-0.15, -0.1) is 0 Å². The minimum atomic E-state index is 0.0949. The van der Waals surface area contributed by atoms with E-state index in [1.54, 1.807) is 0 Å². The SMILES string of the molecule is Cc1cc(Br)c(NC(=O)CC2CCCCCC2)cc1Cl. The molecule has 4 heteroatoms. The maximum absolute atomic E-state index is 12.2. The summed E-state index contributed by atoms with van der Waals surface area (Å²) < 4.78 is 0.883. The standard InChI is InChI=1S/C16H21BrClNO/c1-11-8-13(17)15(10-14(11)18)19-16(20)9-12-6-4-2-3-5-7-12/h8,10,12H,2-7,9H2,1H3,(H,19,20). The average molecular weight is 359 g/mol. The lowest BCUT2D eigenvalue weighted by atomic mass is 9.96. The zero-order valence-corrected chi connectivity index (χ0v) is 14.2. The molecule has 1 aromatic rings. The lowest BCUT2D eigenvalue weighted by Gasteiger charge is -2.15. The maximum Gasteiger partial charge on any atom is 0.224 e. The largest absolute Gasteiger partial charge is 0.325 e. The van der Waals surface area contributed by atoms with Gasteiger partial charge in [0.15, 0.2) is 0 Å². The summed E-state index contributed by atoms with van der Waals surface area (Å²) in [6, 6.07) is 3.75. The summed E-state index contributed by atoms with van der Waals surface area (Å²) in [7, 11) is 0. The Balaban J connectivity index is 1.95. The van der Waals surface area contributed by atoms with Gasteiger partial charge in [0.2, 0.25) is 5.91 Å². The van der Waals surface area contributed by atoms with Crippen molar-refractivity contribution in [3.63, 3.8) is 0 Å². The number of carbonyl (C=O) groups excluding carboxylic acids is 1. The molecule has 0 radical (unpaired) electrons. The molecule has 0 aliphatic heterocycles. The van der Waals surface area contributed by atoms with Crippen molar-refractivity contribution in [3.8, 4) is 0 Å². The van der Waals surface area contributed by atoms with Crippen molar-refractivity contribution >= 4 is 39.1 Å². The van der Waals surface area contributed by atoms with Crippen molar-refractivity contribution in [1.29, 1.82) is 0 Å². The van der Waals surface area contributed by atoms with Crippen LogP contribution < -0.4 is 5.32 Å². The third-order valence-corrected chi connectivity index (χ3v) is 5.03. The number of amides is 1. The molecule has 1 fully saturated rings. The normalized spacial score (nSPS) is 16.8. The van der Waals surface area contributed by atoms with Gasteiger partial charge in [-0.1, -0.05) is 37.3 Å². The predicted octanol–water partition coefficient (Wildman–Crippen LogP) is 5.71. The lowest BCUT2D eigenvalue weighted by Crippen LogP contribution is -2.16. The molecular weight excluding hydrogens is 338 g/mol. The van der Waals surface area contributed by atoms with Crippen molar-refractivity contribution in [2.45, 2.75) is 51.9 Å². The summed E-state index contributed by atoms with van der Waals surface area (Å²) in [5, 5.41) is 3.65. The van der Waals surface area contributed by atoms with Gasteiger partial charge in [-0.3, -0.25) is 4.79 Å². The highest BCUT2D eigenvalue weighted by Gasteiger charge is 2.17. The van der Waals surface area contributed by atoms with E-state index in [1.807, 2.05) is 19.1 Å². The molecule has 1 N–H and O–H groups in total. The fourth-order valence-electron chi connectivity index (χ4n) is 2.77. The van der Waals surface area contributed by atoms with Gasteiger partial charge in [-0.25, -0.2) is 0 Å². The lowest BCUT2D eigenvalue weighted by molar-refractivity contribution is -0.117. The van der Waals surface area contributed by atoms with Gasteiger partial charge in [-0.05, 0) is 59.3 Å². The van der Waals surface area contributed by atoms with E-state index in [-0.39, 0.29) is 5.91 Å². The number of carbonyl (C=O) groups is 1. The second kappa shape index (κ2) is 7.46. The summed E-state index contributed by atoms with van der Waals surface area (Å²) >= 11 is 9.58. The van der Waals surface area contributed by atoms with E-state index < -0.39 is 0 Å². The number of hydrogen-bond acceptors (Lipinski definition) is 1. The van der Waals surface area contributed by atoms with E-state index in [2.05, 4.69) is 21.2 Å². The molecule has 0 bridgehead atoms. The molecule has 1 saturated carbocycles. The Morgan fingerprint density at radius 3 is 2.60 bits per heavy atom. The predicted molar refractivity (Wildman–Crippen MR) is 88.3 cm³/mol. The van der Waals surface area contributed by atoms with E-state index >= 15 is 0 Å². The monoisotopic (exact) mass is 357 g/mol.